The quantitative estimate of drug-likeness (QED) is 0.320. The number of rotatable bonds is 5. The van der Waals surface area contributed by atoms with Gasteiger partial charge in [0, 0.05) is 34.8 Å². The van der Waals surface area contributed by atoms with Crippen molar-refractivity contribution < 1.29 is 9.90 Å². The lowest BCUT2D eigenvalue weighted by Gasteiger charge is -2.18. The Morgan fingerprint density at radius 2 is 1.82 bits per heavy atom. The Kier molecular flexibility index (Phi) is 6.20. The zero-order valence-electron chi connectivity index (χ0n) is 19.4. The van der Waals surface area contributed by atoms with Crippen molar-refractivity contribution in [2.45, 2.75) is 45.6 Å². The van der Waals surface area contributed by atoms with Gasteiger partial charge in [-0.05, 0) is 90.8 Å². The van der Waals surface area contributed by atoms with Gasteiger partial charge in [-0.3, -0.25) is 9.78 Å². The van der Waals surface area contributed by atoms with Gasteiger partial charge in [0.05, 0.1) is 11.6 Å². The number of pyridine rings is 2. The molecule has 0 saturated heterocycles. The molecule has 34 heavy (non-hydrogen) atoms. The third kappa shape index (κ3) is 4.13. The maximum atomic E-state index is 13.3. The molecule has 2 atom stereocenters. The Balaban J connectivity index is 1.73. The number of fused-ring (bicyclic) bond motifs is 1. The number of benzene rings is 2. The molecule has 0 radical (unpaired) electrons. The highest BCUT2D eigenvalue weighted by Gasteiger charge is 2.28. The molecule has 0 spiro atoms. The first kappa shape index (κ1) is 22.7. The van der Waals surface area contributed by atoms with Gasteiger partial charge in [0.25, 0.3) is 0 Å². The van der Waals surface area contributed by atoms with Crippen molar-refractivity contribution in [3.8, 4) is 22.3 Å². The molecular weight excluding hydrogens is 444 g/mol. The van der Waals surface area contributed by atoms with Gasteiger partial charge >= 0.3 is 0 Å². The number of aromatic nitrogens is 2. The second-order valence-corrected chi connectivity index (χ2v) is 9.65. The molecule has 2 heterocycles. The molecule has 4 nitrogen and oxygen atoms in total. The van der Waals surface area contributed by atoms with Crippen molar-refractivity contribution >= 4 is 28.3 Å². The van der Waals surface area contributed by atoms with Crippen LogP contribution in [0.4, 0.5) is 0 Å². The number of aliphatic hydroxyl groups is 1. The van der Waals surface area contributed by atoms with Crippen molar-refractivity contribution in [3.63, 3.8) is 0 Å². The fraction of sp³-hybridized carbons (Fsp3) is 0.276. The molecule has 5 heteroatoms. The minimum atomic E-state index is -0.403. The van der Waals surface area contributed by atoms with Crippen LogP contribution >= 0.6 is 11.6 Å². The maximum Gasteiger partial charge on any atom is 0.181 e. The summed E-state index contributed by atoms with van der Waals surface area (Å²) in [6.07, 6.45) is 6.12. The molecule has 4 aromatic rings. The fourth-order valence-corrected chi connectivity index (χ4v) is 5.59. The van der Waals surface area contributed by atoms with Crippen LogP contribution in [0.2, 0.25) is 5.02 Å². The van der Waals surface area contributed by atoms with E-state index in [4.69, 9.17) is 16.6 Å². The molecule has 1 aliphatic rings. The Bertz CT molecular complexity index is 1380. The van der Waals surface area contributed by atoms with Crippen LogP contribution in [0, 0.1) is 19.8 Å². The van der Waals surface area contributed by atoms with Crippen LogP contribution in [0.25, 0.3) is 33.2 Å². The van der Waals surface area contributed by atoms with Crippen LogP contribution in [0.3, 0.4) is 0 Å². The molecule has 0 bridgehead atoms. The summed E-state index contributed by atoms with van der Waals surface area (Å²) in [5, 5.41) is 11.9. The number of hydrogen-bond donors (Lipinski definition) is 1. The standard InChI is InChI=1S/C29H27ClN2O2/c1-17-14-25-29(18(2)28(17)19-10-12-31-13-11-19)22(21-7-3-4-8-23(21)30)16-24(32-25)27(34)15-20-6-5-9-26(20)33/h3-4,7-8,10-14,16,20,26,33H,5-6,9,15H2,1-2H3/t20-,26+/m1/s1. The summed E-state index contributed by atoms with van der Waals surface area (Å²) in [7, 11) is 0. The lowest BCUT2D eigenvalue weighted by Crippen LogP contribution is -2.18. The highest BCUT2D eigenvalue weighted by molar-refractivity contribution is 6.33. The number of carbonyl (C=O) groups excluding carboxylic acids is 1. The molecule has 172 valence electrons. The van der Waals surface area contributed by atoms with E-state index in [-0.39, 0.29) is 11.7 Å². The summed E-state index contributed by atoms with van der Waals surface area (Å²) in [6.45, 7) is 4.17. The molecule has 0 aliphatic heterocycles. The van der Waals surface area contributed by atoms with Crippen LogP contribution in [0.15, 0.2) is 60.9 Å². The van der Waals surface area contributed by atoms with E-state index in [0.29, 0.717) is 17.1 Å². The number of aryl methyl sites for hydroxylation is 2. The van der Waals surface area contributed by atoms with Crippen molar-refractivity contribution in [2.75, 3.05) is 0 Å². The molecular formula is C29H27ClN2O2. The normalized spacial score (nSPS) is 17.9. The highest BCUT2D eigenvalue weighted by Crippen LogP contribution is 2.40. The topological polar surface area (TPSA) is 63.1 Å². The first-order valence-corrected chi connectivity index (χ1v) is 12.1. The maximum absolute atomic E-state index is 13.3. The minimum absolute atomic E-state index is 0.00583. The molecule has 1 N–H and O–H groups in total. The third-order valence-corrected chi connectivity index (χ3v) is 7.36. The molecule has 2 aromatic carbocycles. The molecule has 0 amide bonds. The Hall–Kier alpha value is -3.08. The van der Waals surface area contributed by atoms with Gasteiger partial charge in [0.2, 0.25) is 0 Å². The van der Waals surface area contributed by atoms with Gasteiger partial charge in [0.1, 0.15) is 5.69 Å². The smallest absolute Gasteiger partial charge is 0.181 e. The zero-order valence-corrected chi connectivity index (χ0v) is 20.1. The summed E-state index contributed by atoms with van der Waals surface area (Å²) in [6, 6.07) is 15.7. The van der Waals surface area contributed by atoms with E-state index < -0.39 is 6.10 Å². The van der Waals surface area contributed by atoms with Crippen molar-refractivity contribution in [3.05, 3.63) is 82.8 Å². The average molecular weight is 471 g/mol. The zero-order chi connectivity index (χ0) is 23.8. The lowest BCUT2D eigenvalue weighted by atomic mass is 9.88. The highest BCUT2D eigenvalue weighted by atomic mass is 35.5. The first-order valence-electron chi connectivity index (χ1n) is 11.8. The van der Waals surface area contributed by atoms with Crippen molar-refractivity contribution in [1.82, 2.24) is 9.97 Å². The average Bonchev–Trinajstić information content (AvgIpc) is 3.23. The van der Waals surface area contributed by atoms with Gasteiger partial charge in [-0.2, -0.15) is 0 Å². The number of ketones is 1. The van der Waals surface area contributed by atoms with E-state index in [0.717, 1.165) is 63.5 Å². The summed E-state index contributed by atoms with van der Waals surface area (Å²) in [5.74, 6) is -0.0269. The van der Waals surface area contributed by atoms with Crippen LogP contribution < -0.4 is 0 Å². The van der Waals surface area contributed by atoms with Gasteiger partial charge in [-0.25, -0.2) is 4.98 Å². The Morgan fingerprint density at radius 1 is 1.06 bits per heavy atom. The summed E-state index contributed by atoms with van der Waals surface area (Å²) in [4.78, 5) is 22.3. The summed E-state index contributed by atoms with van der Waals surface area (Å²) < 4.78 is 0. The number of aliphatic hydroxyl groups excluding tert-OH is 1. The monoisotopic (exact) mass is 470 g/mol. The summed E-state index contributed by atoms with van der Waals surface area (Å²) >= 11 is 6.64. The molecule has 1 fully saturated rings. The molecule has 0 unspecified atom stereocenters. The SMILES string of the molecule is Cc1cc2nc(C(=O)C[C@H]3CCC[C@@H]3O)cc(-c3ccccc3Cl)c2c(C)c1-c1ccncc1. The fourth-order valence-electron chi connectivity index (χ4n) is 5.36. The van der Waals surface area contributed by atoms with E-state index in [2.05, 4.69) is 24.9 Å². The van der Waals surface area contributed by atoms with E-state index in [1.807, 2.05) is 42.5 Å². The van der Waals surface area contributed by atoms with E-state index in [1.165, 1.54) is 0 Å². The predicted octanol–water partition coefficient (Wildman–Crippen LogP) is 6.97. The lowest BCUT2D eigenvalue weighted by molar-refractivity contribution is 0.0864. The number of carbonyl (C=O) groups is 1. The summed E-state index contributed by atoms with van der Waals surface area (Å²) in [5.41, 5.74) is 7.39. The molecule has 1 aliphatic carbocycles. The number of Topliss-reactive ketones (excluding diaryl/α,β-unsaturated/α-hetero) is 1. The van der Waals surface area contributed by atoms with Crippen molar-refractivity contribution in [2.24, 2.45) is 5.92 Å². The van der Waals surface area contributed by atoms with Gasteiger partial charge in [-0.1, -0.05) is 36.2 Å². The van der Waals surface area contributed by atoms with Crippen LogP contribution in [-0.2, 0) is 0 Å². The van der Waals surface area contributed by atoms with Crippen LogP contribution in [0.1, 0.15) is 47.3 Å². The van der Waals surface area contributed by atoms with Crippen LogP contribution in [-0.4, -0.2) is 27.0 Å². The number of halogens is 1. The second-order valence-electron chi connectivity index (χ2n) is 9.24. The van der Waals surface area contributed by atoms with E-state index in [1.54, 1.807) is 12.4 Å². The largest absolute Gasteiger partial charge is 0.393 e. The minimum Gasteiger partial charge on any atom is -0.393 e. The van der Waals surface area contributed by atoms with Gasteiger partial charge in [0.15, 0.2) is 5.78 Å². The second kappa shape index (κ2) is 9.28. The molecule has 1 saturated carbocycles. The van der Waals surface area contributed by atoms with E-state index in [9.17, 15) is 9.90 Å². The Labute approximate surface area is 204 Å². The Morgan fingerprint density at radius 3 is 2.53 bits per heavy atom. The van der Waals surface area contributed by atoms with E-state index >= 15 is 0 Å². The van der Waals surface area contributed by atoms with Gasteiger partial charge in [-0.15, -0.1) is 0 Å². The van der Waals surface area contributed by atoms with Crippen LogP contribution in [0.5, 0.6) is 0 Å². The predicted molar refractivity (Wildman–Crippen MR) is 137 cm³/mol. The number of hydrogen-bond acceptors (Lipinski definition) is 4. The number of nitrogens with zero attached hydrogens (tertiary/aromatic N) is 2. The van der Waals surface area contributed by atoms with Gasteiger partial charge < -0.3 is 5.11 Å². The third-order valence-electron chi connectivity index (χ3n) is 7.03. The molecule has 2 aromatic heterocycles. The van der Waals surface area contributed by atoms with Crippen molar-refractivity contribution in [1.29, 1.82) is 0 Å². The molecule has 5 rings (SSSR count). The first-order chi connectivity index (χ1) is 16.4.